The third-order valence-electron chi connectivity index (χ3n) is 2.60. The first kappa shape index (κ1) is 14.8. The van der Waals surface area contributed by atoms with Gasteiger partial charge in [0.15, 0.2) is 12.4 Å². The van der Waals surface area contributed by atoms with Crippen molar-refractivity contribution in [1.29, 1.82) is 0 Å². The predicted octanol–water partition coefficient (Wildman–Crippen LogP) is -4.58. The van der Waals surface area contributed by atoms with Gasteiger partial charge in [0.05, 0.1) is 6.61 Å². The second-order valence-corrected chi connectivity index (χ2v) is 3.72. The molecule has 1 aliphatic rings. The Kier molecular flexibility index (Phi) is 4.63. The highest BCUT2D eigenvalue weighted by Gasteiger charge is 2.45. The number of hydrogen-bond acceptors (Lipinski definition) is 6. The van der Waals surface area contributed by atoms with Crippen LogP contribution >= 0.6 is 0 Å². The molecule has 2 heterocycles. The lowest BCUT2D eigenvalue weighted by atomic mass is 10.1. The topological polar surface area (TPSA) is 111 Å². The van der Waals surface area contributed by atoms with Gasteiger partial charge in [0.1, 0.15) is 18.0 Å². The molecule has 0 spiro atoms. The standard InChI is InChI=1S/C9H12FN3O4.ClH/c10-6-7(15)4(3-14)17-8(6)13-2-1-5(11)12-9(13)16;/h1-2,4,6-8,14-15H,3H2,(H2,11,12,16);1H/p-1. The molecule has 4 N–H and O–H groups in total. The van der Waals surface area contributed by atoms with Crippen molar-refractivity contribution in [3.05, 3.63) is 22.7 Å². The van der Waals surface area contributed by atoms with E-state index in [2.05, 4.69) is 4.98 Å². The summed E-state index contributed by atoms with van der Waals surface area (Å²) in [5.74, 6) is 0.0129. The van der Waals surface area contributed by atoms with Gasteiger partial charge < -0.3 is 33.1 Å². The van der Waals surface area contributed by atoms with Crippen molar-refractivity contribution in [2.45, 2.75) is 24.6 Å². The largest absolute Gasteiger partial charge is 1.00 e. The van der Waals surface area contributed by atoms with Crippen molar-refractivity contribution in [2.24, 2.45) is 0 Å². The molecule has 4 atom stereocenters. The Morgan fingerprint density at radius 3 is 2.78 bits per heavy atom. The Morgan fingerprint density at radius 2 is 2.28 bits per heavy atom. The van der Waals surface area contributed by atoms with Gasteiger partial charge in [0.25, 0.3) is 0 Å². The van der Waals surface area contributed by atoms with Crippen molar-refractivity contribution in [3.63, 3.8) is 0 Å². The van der Waals surface area contributed by atoms with Crippen LogP contribution in [0.1, 0.15) is 6.23 Å². The number of aliphatic hydroxyl groups excluding tert-OH is 2. The van der Waals surface area contributed by atoms with E-state index in [0.29, 0.717) is 0 Å². The van der Waals surface area contributed by atoms with Crippen LogP contribution in [-0.4, -0.2) is 44.8 Å². The van der Waals surface area contributed by atoms with Crippen LogP contribution in [0.15, 0.2) is 17.1 Å². The quantitative estimate of drug-likeness (QED) is 0.503. The van der Waals surface area contributed by atoms with E-state index in [4.69, 9.17) is 15.6 Å². The summed E-state index contributed by atoms with van der Waals surface area (Å²) >= 11 is 0. The number of aromatic nitrogens is 2. The molecule has 0 aromatic carbocycles. The number of halogens is 2. The van der Waals surface area contributed by atoms with Gasteiger partial charge in [-0.05, 0) is 6.07 Å². The number of nitrogen functional groups attached to an aromatic ring is 1. The molecule has 0 aliphatic carbocycles. The number of alkyl halides is 1. The SMILES string of the molecule is Nc1ccn(C2OC(CO)C(O)C2F)c(=O)n1.[Cl-]. The molecule has 0 amide bonds. The first-order chi connectivity index (χ1) is 8.04. The van der Waals surface area contributed by atoms with E-state index in [1.165, 1.54) is 12.3 Å². The van der Waals surface area contributed by atoms with Gasteiger partial charge in [0.2, 0.25) is 0 Å². The maximum Gasteiger partial charge on any atom is 0.351 e. The van der Waals surface area contributed by atoms with Crippen LogP contribution in [0.4, 0.5) is 10.2 Å². The normalized spacial score (nSPS) is 31.1. The summed E-state index contributed by atoms with van der Waals surface area (Å²) in [6.45, 7) is -0.533. The number of ether oxygens (including phenoxy) is 1. The van der Waals surface area contributed by atoms with Gasteiger partial charge in [0, 0.05) is 6.20 Å². The van der Waals surface area contributed by atoms with Crippen LogP contribution in [-0.2, 0) is 4.74 Å². The number of nitrogens with zero attached hydrogens (tertiary/aromatic N) is 2. The molecular formula is C9H12ClFN3O4-. The van der Waals surface area contributed by atoms with Gasteiger partial charge in [-0.3, -0.25) is 4.57 Å². The predicted molar refractivity (Wildman–Crippen MR) is 54.8 cm³/mol. The zero-order chi connectivity index (χ0) is 12.6. The van der Waals surface area contributed by atoms with Crippen molar-refractivity contribution in [3.8, 4) is 0 Å². The summed E-state index contributed by atoms with van der Waals surface area (Å²) < 4.78 is 19.6. The van der Waals surface area contributed by atoms with Crippen molar-refractivity contribution in [2.75, 3.05) is 12.3 Å². The first-order valence-corrected chi connectivity index (χ1v) is 4.97. The minimum absolute atomic E-state index is 0. The Labute approximate surface area is 107 Å². The fourth-order valence-corrected chi connectivity index (χ4v) is 1.70. The fraction of sp³-hybridized carbons (Fsp3) is 0.556. The average Bonchev–Trinajstić information content (AvgIpc) is 2.57. The fourth-order valence-electron chi connectivity index (χ4n) is 1.70. The maximum absolute atomic E-state index is 13.7. The van der Waals surface area contributed by atoms with Crippen molar-refractivity contribution >= 4 is 5.82 Å². The molecule has 9 heteroatoms. The smallest absolute Gasteiger partial charge is 0.351 e. The van der Waals surface area contributed by atoms with E-state index >= 15 is 0 Å². The molecule has 0 bridgehead atoms. The summed E-state index contributed by atoms with van der Waals surface area (Å²) in [5, 5.41) is 18.3. The molecule has 1 aromatic heterocycles. The van der Waals surface area contributed by atoms with Crippen LogP contribution in [0.5, 0.6) is 0 Å². The lowest BCUT2D eigenvalue weighted by Crippen LogP contribution is -3.00. The Bertz CT molecular complexity index is 471. The van der Waals surface area contributed by atoms with Crippen molar-refractivity contribution < 1.29 is 31.7 Å². The molecule has 1 fully saturated rings. The van der Waals surface area contributed by atoms with Gasteiger partial charge >= 0.3 is 5.69 Å². The van der Waals surface area contributed by atoms with Crippen LogP contribution in [0.25, 0.3) is 0 Å². The molecule has 18 heavy (non-hydrogen) atoms. The second kappa shape index (κ2) is 5.61. The molecule has 7 nitrogen and oxygen atoms in total. The van der Waals surface area contributed by atoms with E-state index in [-0.39, 0.29) is 18.2 Å². The number of hydrogen-bond donors (Lipinski definition) is 3. The number of nitrogens with two attached hydrogens (primary N) is 1. The number of aliphatic hydroxyl groups is 2. The van der Waals surface area contributed by atoms with Crippen LogP contribution in [0.3, 0.4) is 0 Å². The third-order valence-corrected chi connectivity index (χ3v) is 2.60. The molecule has 1 aliphatic heterocycles. The van der Waals surface area contributed by atoms with E-state index in [1.54, 1.807) is 0 Å². The zero-order valence-electron chi connectivity index (χ0n) is 9.11. The van der Waals surface area contributed by atoms with Crippen LogP contribution in [0, 0.1) is 0 Å². The second-order valence-electron chi connectivity index (χ2n) is 3.72. The highest BCUT2D eigenvalue weighted by atomic mass is 35.5. The number of anilines is 1. The molecule has 1 saturated heterocycles. The molecule has 0 saturated carbocycles. The maximum atomic E-state index is 13.7. The van der Waals surface area contributed by atoms with Gasteiger partial charge in [-0.1, -0.05) is 0 Å². The lowest BCUT2D eigenvalue weighted by molar-refractivity contribution is -0.0490. The summed E-state index contributed by atoms with van der Waals surface area (Å²) in [6, 6.07) is 1.32. The molecular weight excluding hydrogens is 269 g/mol. The van der Waals surface area contributed by atoms with E-state index in [9.17, 15) is 14.3 Å². The van der Waals surface area contributed by atoms with E-state index < -0.39 is 36.9 Å². The zero-order valence-corrected chi connectivity index (χ0v) is 9.87. The highest BCUT2D eigenvalue weighted by Crippen LogP contribution is 2.30. The van der Waals surface area contributed by atoms with E-state index in [1.807, 2.05) is 0 Å². The Morgan fingerprint density at radius 1 is 1.61 bits per heavy atom. The molecule has 102 valence electrons. The first-order valence-electron chi connectivity index (χ1n) is 4.97. The van der Waals surface area contributed by atoms with Gasteiger partial charge in [-0.15, -0.1) is 0 Å². The van der Waals surface area contributed by atoms with Crippen LogP contribution in [0.2, 0.25) is 0 Å². The average molecular weight is 281 g/mol. The molecule has 4 unspecified atom stereocenters. The van der Waals surface area contributed by atoms with Crippen molar-refractivity contribution in [1.82, 2.24) is 9.55 Å². The molecule has 0 radical (unpaired) electrons. The summed E-state index contributed by atoms with van der Waals surface area (Å²) in [7, 11) is 0. The lowest BCUT2D eigenvalue weighted by Gasteiger charge is -2.15. The van der Waals surface area contributed by atoms with E-state index in [0.717, 1.165) is 4.57 Å². The summed E-state index contributed by atoms with van der Waals surface area (Å²) in [5.41, 5.74) is 4.52. The molecule has 1 aromatic rings. The summed E-state index contributed by atoms with van der Waals surface area (Å²) in [4.78, 5) is 14.9. The minimum Gasteiger partial charge on any atom is -1.00 e. The number of rotatable bonds is 2. The molecule has 2 rings (SSSR count). The minimum atomic E-state index is -1.81. The summed E-state index contributed by atoms with van der Waals surface area (Å²) in [6.07, 6.45) is -4.42. The monoisotopic (exact) mass is 280 g/mol. The van der Waals surface area contributed by atoms with Gasteiger partial charge in [-0.2, -0.15) is 4.98 Å². The Balaban J connectivity index is 0.00000162. The third kappa shape index (κ3) is 2.46. The van der Waals surface area contributed by atoms with Crippen LogP contribution < -0.4 is 23.8 Å². The highest BCUT2D eigenvalue weighted by molar-refractivity contribution is 5.23. The van der Waals surface area contributed by atoms with Gasteiger partial charge in [-0.25, -0.2) is 9.18 Å². The Hall–Kier alpha value is -1.22.